The van der Waals surface area contributed by atoms with Gasteiger partial charge in [0.2, 0.25) is 5.75 Å². The highest BCUT2D eigenvalue weighted by atomic mass is 16.5. The third-order valence-corrected chi connectivity index (χ3v) is 5.18. The highest BCUT2D eigenvalue weighted by Crippen LogP contribution is 2.38. The third kappa shape index (κ3) is 5.11. The molecule has 2 amide bonds. The number of ether oxygens (including phenoxy) is 3. The first-order chi connectivity index (χ1) is 15.9. The molecule has 174 valence electrons. The van der Waals surface area contributed by atoms with Gasteiger partial charge in [0.25, 0.3) is 11.8 Å². The lowest BCUT2D eigenvalue weighted by Gasteiger charge is -2.15. The van der Waals surface area contributed by atoms with Crippen LogP contribution >= 0.6 is 0 Å². The Labute approximate surface area is 193 Å². The first kappa shape index (κ1) is 23.7. The maximum absolute atomic E-state index is 13.1. The van der Waals surface area contributed by atoms with Crippen molar-refractivity contribution < 1.29 is 23.8 Å². The summed E-state index contributed by atoms with van der Waals surface area (Å²) in [4.78, 5) is 26.0. The molecular formula is C25H29N3O5. The average molecular weight is 452 g/mol. The van der Waals surface area contributed by atoms with Crippen molar-refractivity contribution in [1.82, 2.24) is 15.2 Å². The van der Waals surface area contributed by atoms with Crippen molar-refractivity contribution in [3.63, 3.8) is 0 Å². The summed E-state index contributed by atoms with van der Waals surface area (Å²) in [6.07, 6.45) is 4.38. The number of para-hydroxylation sites is 1. The monoisotopic (exact) mass is 451 g/mol. The summed E-state index contributed by atoms with van der Waals surface area (Å²) >= 11 is 0. The largest absolute Gasteiger partial charge is 0.493 e. The number of carbonyl (C=O) groups excluding carboxylic acids is 2. The number of nitrogens with one attached hydrogen (secondary N) is 2. The van der Waals surface area contributed by atoms with Gasteiger partial charge in [-0.05, 0) is 30.7 Å². The summed E-state index contributed by atoms with van der Waals surface area (Å²) in [6, 6.07) is 10.9. The van der Waals surface area contributed by atoms with Crippen LogP contribution < -0.4 is 24.8 Å². The van der Waals surface area contributed by atoms with Crippen LogP contribution in [0.4, 0.5) is 0 Å². The van der Waals surface area contributed by atoms with Crippen LogP contribution in [0.2, 0.25) is 0 Å². The van der Waals surface area contributed by atoms with Crippen LogP contribution in [0.3, 0.4) is 0 Å². The highest BCUT2D eigenvalue weighted by molar-refractivity contribution is 6.07. The van der Waals surface area contributed by atoms with E-state index in [0.717, 1.165) is 22.9 Å². The zero-order valence-electron chi connectivity index (χ0n) is 19.5. The summed E-state index contributed by atoms with van der Waals surface area (Å²) in [7, 11) is 6.38. The van der Waals surface area contributed by atoms with Crippen molar-refractivity contribution in [3.8, 4) is 17.2 Å². The summed E-state index contributed by atoms with van der Waals surface area (Å²) < 4.78 is 18.0. The fourth-order valence-electron chi connectivity index (χ4n) is 3.54. The summed E-state index contributed by atoms with van der Waals surface area (Å²) in [5, 5.41) is 6.56. The van der Waals surface area contributed by atoms with E-state index in [0.29, 0.717) is 23.8 Å². The molecule has 0 saturated heterocycles. The van der Waals surface area contributed by atoms with E-state index in [1.807, 2.05) is 49.0 Å². The fraction of sp³-hybridized carbons (Fsp3) is 0.280. The number of nitrogens with zero attached hydrogens (tertiary/aromatic N) is 1. The van der Waals surface area contributed by atoms with E-state index in [-0.39, 0.29) is 17.2 Å². The Hall–Kier alpha value is -3.94. The van der Waals surface area contributed by atoms with Gasteiger partial charge in [-0.3, -0.25) is 9.59 Å². The van der Waals surface area contributed by atoms with Crippen LogP contribution in [0.25, 0.3) is 17.0 Å². The molecule has 0 spiro atoms. The van der Waals surface area contributed by atoms with Crippen molar-refractivity contribution in [2.24, 2.45) is 7.05 Å². The minimum atomic E-state index is -0.479. The van der Waals surface area contributed by atoms with E-state index < -0.39 is 5.91 Å². The van der Waals surface area contributed by atoms with E-state index in [1.165, 1.54) is 33.5 Å². The van der Waals surface area contributed by atoms with E-state index in [1.54, 1.807) is 6.08 Å². The van der Waals surface area contributed by atoms with Gasteiger partial charge in [-0.2, -0.15) is 0 Å². The lowest BCUT2D eigenvalue weighted by molar-refractivity contribution is -0.117. The number of hydrogen-bond donors (Lipinski definition) is 2. The van der Waals surface area contributed by atoms with Crippen LogP contribution in [0.15, 0.2) is 48.3 Å². The molecule has 0 unspecified atom stereocenters. The molecule has 0 saturated carbocycles. The van der Waals surface area contributed by atoms with E-state index in [2.05, 4.69) is 10.6 Å². The minimum absolute atomic E-state index is 0.138. The number of amides is 2. The number of carbonyl (C=O) groups is 2. The number of methoxy groups -OCH3 is 3. The summed E-state index contributed by atoms with van der Waals surface area (Å²) in [5.74, 6) is 0.218. The van der Waals surface area contributed by atoms with Crippen LogP contribution in [0.5, 0.6) is 17.2 Å². The topological polar surface area (TPSA) is 90.8 Å². The summed E-state index contributed by atoms with van der Waals surface area (Å²) in [5.41, 5.74) is 2.24. The van der Waals surface area contributed by atoms with Crippen LogP contribution in [-0.2, 0) is 11.8 Å². The van der Waals surface area contributed by atoms with Gasteiger partial charge in [0.1, 0.15) is 5.70 Å². The van der Waals surface area contributed by atoms with Crippen molar-refractivity contribution in [2.45, 2.75) is 13.3 Å². The van der Waals surface area contributed by atoms with E-state index in [9.17, 15) is 9.59 Å². The molecule has 0 fully saturated rings. The molecule has 2 aromatic carbocycles. The maximum atomic E-state index is 13.1. The SMILES string of the molecule is CCCNC(=O)/C(=C/c1cn(C)c2ccccc12)NC(=O)c1cc(OC)c(OC)c(OC)c1. The molecule has 0 aliphatic carbocycles. The van der Waals surface area contributed by atoms with Crippen molar-refractivity contribution in [2.75, 3.05) is 27.9 Å². The molecule has 0 bridgehead atoms. The Morgan fingerprint density at radius 2 is 1.70 bits per heavy atom. The molecule has 1 aromatic heterocycles. The number of rotatable bonds is 9. The Kier molecular flexibility index (Phi) is 7.61. The number of fused-ring (bicyclic) bond motifs is 1. The Morgan fingerprint density at radius 3 is 2.30 bits per heavy atom. The van der Waals surface area contributed by atoms with Gasteiger partial charge in [0.05, 0.1) is 21.3 Å². The standard InChI is InChI=1S/C25H29N3O5/c1-6-11-26-25(30)19(12-17-15-28(2)20-10-8-7-9-18(17)20)27-24(29)16-13-21(31-3)23(33-5)22(14-16)32-4/h7-10,12-15H,6,11H2,1-5H3,(H,26,30)(H,27,29)/b19-12-. The van der Waals surface area contributed by atoms with E-state index in [4.69, 9.17) is 14.2 Å². The number of aromatic nitrogens is 1. The van der Waals surface area contributed by atoms with Crippen molar-refractivity contribution in [1.29, 1.82) is 0 Å². The molecule has 1 heterocycles. The van der Waals surface area contributed by atoms with Gasteiger partial charge in [0.15, 0.2) is 11.5 Å². The first-order valence-corrected chi connectivity index (χ1v) is 10.6. The second-order valence-electron chi connectivity index (χ2n) is 7.39. The Bertz CT molecular complexity index is 1170. The number of aryl methyl sites for hydroxylation is 1. The predicted molar refractivity (Wildman–Crippen MR) is 128 cm³/mol. The Balaban J connectivity index is 2.01. The van der Waals surface area contributed by atoms with Gasteiger partial charge in [0, 0.05) is 41.8 Å². The van der Waals surface area contributed by atoms with Crippen LogP contribution in [0, 0.1) is 0 Å². The number of hydrogen-bond acceptors (Lipinski definition) is 5. The second kappa shape index (κ2) is 10.6. The molecule has 0 radical (unpaired) electrons. The van der Waals surface area contributed by atoms with Crippen molar-refractivity contribution in [3.05, 3.63) is 59.4 Å². The smallest absolute Gasteiger partial charge is 0.267 e. The normalized spacial score (nSPS) is 11.2. The molecule has 3 rings (SSSR count). The molecule has 0 aliphatic heterocycles. The maximum Gasteiger partial charge on any atom is 0.267 e. The zero-order valence-corrected chi connectivity index (χ0v) is 19.5. The molecule has 8 nitrogen and oxygen atoms in total. The van der Waals surface area contributed by atoms with Gasteiger partial charge >= 0.3 is 0 Å². The molecule has 0 atom stereocenters. The summed E-state index contributed by atoms with van der Waals surface area (Å²) in [6.45, 7) is 2.45. The van der Waals surface area contributed by atoms with Crippen molar-refractivity contribution >= 4 is 28.8 Å². The predicted octanol–water partition coefficient (Wildman–Crippen LogP) is 3.50. The molecule has 33 heavy (non-hydrogen) atoms. The van der Waals surface area contributed by atoms with Gasteiger partial charge in [-0.15, -0.1) is 0 Å². The third-order valence-electron chi connectivity index (χ3n) is 5.18. The lowest BCUT2D eigenvalue weighted by Crippen LogP contribution is -2.35. The quantitative estimate of drug-likeness (QED) is 0.486. The van der Waals surface area contributed by atoms with E-state index >= 15 is 0 Å². The van der Waals surface area contributed by atoms with Crippen LogP contribution in [-0.4, -0.2) is 44.3 Å². The molecule has 2 N–H and O–H groups in total. The molecule has 0 aliphatic rings. The van der Waals surface area contributed by atoms with Gasteiger partial charge in [-0.1, -0.05) is 25.1 Å². The number of benzene rings is 2. The van der Waals surface area contributed by atoms with Crippen LogP contribution in [0.1, 0.15) is 29.3 Å². The molecular weight excluding hydrogens is 422 g/mol. The van der Waals surface area contributed by atoms with Gasteiger partial charge in [-0.25, -0.2) is 0 Å². The first-order valence-electron chi connectivity index (χ1n) is 10.6. The average Bonchev–Trinajstić information content (AvgIpc) is 3.16. The molecule has 8 heteroatoms. The highest BCUT2D eigenvalue weighted by Gasteiger charge is 2.20. The second-order valence-corrected chi connectivity index (χ2v) is 7.39. The lowest BCUT2D eigenvalue weighted by atomic mass is 10.1. The molecule has 3 aromatic rings. The van der Waals surface area contributed by atoms with Gasteiger partial charge < -0.3 is 29.4 Å². The Morgan fingerprint density at radius 1 is 1.03 bits per heavy atom. The zero-order chi connectivity index (χ0) is 24.0. The minimum Gasteiger partial charge on any atom is -0.493 e. The fourth-order valence-corrected chi connectivity index (χ4v) is 3.54.